The Morgan fingerprint density at radius 2 is 1.00 bits per heavy atom. The molecule has 114 valence electrons. The zero-order chi connectivity index (χ0) is 15.6. The minimum atomic E-state index is -3.67. The zero-order valence-electron chi connectivity index (χ0n) is 10.1. The Labute approximate surface area is 107 Å². The van der Waals surface area contributed by atoms with Crippen molar-refractivity contribution < 1.29 is 38.9 Å². The average molecular weight is 330 g/mol. The summed E-state index contributed by atoms with van der Waals surface area (Å²) in [6.45, 7) is 3.06. The largest absolute Gasteiger partial charge is 0.286 e. The van der Waals surface area contributed by atoms with Crippen molar-refractivity contribution >= 4 is 30.4 Å². The van der Waals surface area contributed by atoms with Gasteiger partial charge in [0.2, 0.25) is 0 Å². The molecule has 18 heavy (non-hydrogen) atoms. The molecule has 0 heterocycles. The van der Waals surface area contributed by atoms with Crippen LogP contribution < -0.4 is 0 Å². The van der Waals surface area contributed by atoms with Crippen LogP contribution in [0.1, 0.15) is 20.3 Å². The van der Waals surface area contributed by atoms with Crippen LogP contribution in [0, 0.1) is 0 Å². The van der Waals surface area contributed by atoms with Crippen molar-refractivity contribution in [3.05, 3.63) is 0 Å². The Kier molecular flexibility index (Phi) is 12.2. The molecular weight excluding hydrogens is 312 g/mol. The fourth-order valence-electron chi connectivity index (χ4n) is 0.258. The van der Waals surface area contributed by atoms with E-state index < -0.39 is 30.4 Å². The fraction of sp³-hybridized carbons (Fsp3) is 1.00. The van der Waals surface area contributed by atoms with Gasteiger partial charge in [-0.3, -0.25) is 13.7 Å². The van der Waals surface area contributed by atoms with Crippen molar-refractivity contribution in [3.63, 3.8) is 0 Å². The minimum absolute atomic E-state index is 0.132. The predicted octanol–water partition coefficient (Wildman–Crippen LogP) is -0.318. The number of hydrogen-bond acceptors (Lipinski definition) is 6. The van der Waals surface area contributed by atoms with Crippen molar-refractivity contribution in [2.24, 2.45) is 0 Å². The lowest BCUT2D eigenvalue weighted by Crippen LogP contribution is -2.01. The van der Waals surface area contributed by atoms with Gasteiger partial charge in [0.1, 0.15) is 0 Å². The maximum absolute atomic E-state index is 9.79. The van der Waals surface area contributed by atoms with Crippen LogP contribution in [0.2, 0.25) is 0 Å². The minimum Gasteiger partial charge on any atom is -0.286 e. The Morgan fingerprint density at radius 3 is 1.00 bits per heavy atom. The summed E-state index contributed by atoms with van der Waals surface area (Å²) in [6, 6.07) is 0. The summed E-state index contributed by atoms with van der Waals surface area (Å²) in [4.78, 5) is 0. The van der Waals surface area contributed by atoms with Gasteiger partial charge in [0.05, 0.1) is 17.8 Å². The SMILES string of the molecule is CCCS(=O)(=O)O.CCS(=O)(=O)O.CS(=O)(=O)O. The second-order valence-corrected chi connectivity index (χ2v) is 7.67. The second-order valence-electron chi connectivity index (χ2n) is 2.89. The summed E-state index contributed by atoms with van der Waals surface area (Å²) < 4.78 is 80.3. The van der Waals surface area contributed by atoms with Gasteiger partial charge in [-0.25, -0.2) is 0 Å². The van der Waals surface area contributed by atoms with Crippen LogP contribution in [-0.2, 0) is 30.4 Å². The van der Waals surface area contributed by atoms with Gasteiger partial charge in [-0.05, 0) is 13.3 Å². The van der Waals surface area contributed by atoms with Crippen LogP contribution in [0.5, 0.6) is 0 Å². The normalized spacial score (nSPS) is 11.7. The summed E-state index contributed by atoms with van der Waals surface area (Å²) in [5.74, 6) is -0.333. The molecule has 9 nitrogen and oxygen atoms in total. The first-order chi connectivity index (χ1) is 7.62. The maximum atomic E-state index is 9.79. The summed E-state index contributed by atoms with van der Waals surface area (Å²) in [6.07, 6.45) is 1.19. The van der Waals surface area contributed by atoms with Crippen molar-refractivity contribution in [1.82, 2.24) is 0 Å². The lowest BCUT2D eigenvalue weighted by atomic mass is 10.6. The summed E-state index contributed by atoms with van der Waals surface area (Å²) >= 11 is 0. The molecule has 0 saturated heterocycles. The van der Waals surface area contributed by atoms with E-state index in [0.717, 1.165) is 0 Å². The highest BCUT2D eigenvalue weighted by atomic mass is 32.2. The first kappa shape index (κ1) is 22.9. The van der Waals surface area contributed by atoms with Crippen LogP contribution in [0.25, 0.3) is 0 Å². The van der Waals surface area contributed by atoms with E-state index in [1.54, 1.807) is 6.92 Å². The van der Waals surface area contributed by atoms with E-state index >= 15 is 0 Å². The van der Waals surface area contributed by atoms with Crippen LogP contribution in [0.3, 0.4) is 0 Å². The van der Waals surface area contributed by atoms with Gasteiger partial charge in [-0.15, -0.1) is 0 Å². The average Bonchev–Trinajstić information content (AvgIpc) is 1.98. The lowest BCUT2D eigenvalue weighted by Gasteiger charge is -1.85. The van der Waals surface area contributed by atoms with E-state index in [4.69, 9.17) is 13.7 Å². The molecule has 0 rings (SSSR count). The third-order valence-corrected chi connectivity index (χ3v) is 2.48. The van der Waals surface area contributed by atoms with Crippen LogP contribution in [0.15, 0.2) is 0 Å². The van der Waals surface area contributed by atoms with E-state index in [0.29, 0.717) is 12.7 Å². The molecule has 0 spiro atoms. The van der Waals surface area contributed by atoms with Gasteiger partial charge >= 0.3 is 0 Å². The van der Waals surface area contributed by atoms with Crippen molar-refractivity contribution in [2.75, 3.05) is 17.8 Å². The highest BCUT2D eigenvalue weighted by Crippen LogP contribution is 1.83. The third kappa shape index (κ3) is 75.4. The smallest absolute Gasteiger partial charge is 0.264 e. The van der Waals surface area contributed by atoms with E-state index in [9.17, 15) is 25.3 Å². The zero-order valence-corrected chi connectivity index (χ0v) is 12.6. The van der Waals surface area contributed by atoms with E-state index in [1.807, 2.05) is 0 Å². The first-order valence-corrected chi connectivity index (χ1v) is 9.51. The van der Waals surface area contributed by atoms with Gasteiger partial charge in [0.15, 0.2) is 0 Å². The van der Waals surface area contributed by atoms with Crippen LogP contribution in [-0.4, -0.2) is 56.7 Å². The van der Waals surface area contributed by atoms with Crippen LogP contribution in [0.4, 0.5) is 0 Å². The third-order valence-electron chi connectivity index (χ3n) is 0.827. The standard InChI is InChI=1S/C3H8O3S.C2H6O3S.CH4O3S/c1-2-3-7(4,5)6;1-2-6(3,4)5;1-5(2,3)4/h2-3H2,1H3,(H,4,5,6);2H2,1H3,(H,3,4,5);1H3,(H,2,3,4). The monoisotopic (exact) mass is 330 g/mol. The van der Waals surface area contributed by atoms with Crippen molar-refractivity contribution in [2.45, 2.75) is 20.3 Å². The molecule has 0 radical (unpaired) electrons. The maximum Gasteiger partial charge on any atom is 0.264 e. The highest BCUT2D eigenvalue weighted by Gasteiger charge is 1.98. The topological polar surface area (TPSA) is 163 Å². The van der Waals surface area contributed by atoms with Gasteiger partial charge in [0, 0.05) is 0 Å². The quantitative estimate of drug-likeness (QED) is 0.588. The molecule has 0 saturated carbocycles. The molecule has 0 aliphatic carbocycles. The molecule has 0 amide bonds. The summed E-state index contributed by atoms with van der Waals surface area (Å²) in [5.41, 5.74) is 0. The number of rotatable bonds is 3. The van der Waals surface area contributed by atoms with Gasteiger partial charge in [-0.1, -0.05) is 6.92 Å². The Morgan fingerprint density at radius 1 is 0.778 bits per heavy atom. The van der Waals surface area contributed by atoms with Gasteiger partial charge < -0.3 is 0 Å². The number of hydrogen-bond donors (Lipinski definition) is 3. The van der Waals surface area contributed by atoms with E-state index in [2.05, 4.69) is 0 Å². The predicted molar refractivity (Wildman–Crippen MR) is 66.3 cm³/mol. The molecule has 12 heteroatoms. The summed E-state index contributed by atoms with van der Waals surface area (Å²) in [5, 5.41) is 0. The van der Waals surface area contributed by atoms with Crippen LogP contribution >= 0.6 is 0 Å². The molecule has 3 N–H and O–H groups in total. The highest BCUT2D eigenvalue weighted by molar-refractivity contribution is 7.86. The van der Waals surface area contributed by atoms with E-state index in [-0.39, 0.29) is 11.5 Å². The van der Waals surface area contributed by atoms with Gasteiger partial charge in [-0.2, -0.15) is 25.3 Å². The fourth-order valence-corrected chi connectivity index (χ4v) is 0.774. The molecule has 0 aromatic carbocycles. The Balaban J connectivity index is -0.000000190. The second kappa shape index (κ2) is 9.63. The molecule has 0 aromatic heterocycles. The lowest BCUT2D eigenvalue weighted by molar-refractivity contribution is 0.481. The Hall–Kier alpha value is -0.270. The Bertz CT molecular complexity index is 476. The van der Waals surface area contributed by atoms with Gasteiger partial charge in [0.25, 0.3) is 30.4 Å². The molecule has 0 aliphatic rings. The molecule has 0 atom stereocenters. The molecule has 0 aliphatic heterocycles. The molecular formula is C6H18O9S3. The molecule has 0 fully saturated rings. The first-order valence-electron chi connectivity index (χ1n) is 4.45. The molecule has 0 bridgehead atoms. The molecule has 0 unspecified atom stereocenters. The summed E-state index contributed by atoms with van der Waals surface area (Å²) in [7, 11) is -11.0. The van der Waals surface area contributed by atoms with Crippen molar-refractivity contribution in [1.29, 1.82) is 0 Å². The van der Waals surface area contributed by atoms with E-state index in [1.165, 1.54) is 6.92 Å². The van der Waals surface area contributed by atoms with Crippen molar-refractivity contribution in [3.8, 4) is 0 Å². The molecule has 0 aromatic rings.